The number of nitrogens with two attached hydrogens (primary N) is 1. The first-order chi connectivity index (χ1) is 5.77. The smallest absolute Gasteiger partial charge is 0.0823 e. The van der Waals surface area contributed by atoms with Crippen LogP contribution in [0.4, 0.5) is 0 Å². The van der Waals surface area contributed by atoms with Crippen LogP contribution in [0.15, 0.2) is 6.20 Å². The summed E-state index contributed by atoms with van der Waals surface area (Å²) in [6.45, 7) is 1.08. The second-order valence-electron chi connectivity index (χ2n) is 2.45. The highest BCUT2D eigenvalue weighted by Crippen LogP contribution is 2.13. The lowest BCUT2D eigenvalue weighted by molar-refractivity contribution is 0.269. The third kappa shape index (κ3) is 2.20. The van der Waals surface area contributed by atoms with Crippen molar-refractivity contribution in [1.29, 1.82) is 0 Å². The first-order valence-corrected chi connectivity index (χ1v) is 4.18. The van der Waals surface area contributed by atoms with Gasteiger partial charge in [0.1, 0.15) is 0 Å². The van der Waals surface area contributed by atoms with Gasteiger partial charge in [0.2, 0.25) is 0 Å². The van der Waals surface area contributed by atoms with Crippen molar-refractivity contribution >= 4 is 11.6 Å². The lowest BCUT2D eigenvalue weighted by Crippen LogP contribution is -2.06. The molecule has 0 aliphatic heterocycles. The van der Waals surface area contributed by atoms with Gasteiger partial charge in [0.05, 0.1) is 23.9 Å². The first kappa shape index (κ1) is 9.51. The molecule has 4 nitrogen and oxygen atoms in total. The molecular weight excluding hydrogens is 178 g/mol. The molecule has 0 atom stereocenters. The summed E-state index contributed by atoms with van der Waals surface area (Å²) in [4.78, 5) is 0. The number of nitrogens with zero attached hydrogens (tertiary/aromatic N) is 2. The van der Waals surface area contributed by atoms with E-state index in [-0.39, 0.29) is 6.61 Å². The van der Waals surface area contributed by atoms with Crippen LogP contribution < -0.4 is 5.73 Å². The van der Waals surface area contributed by atoms with E-state index in [0.29, 0.717) is 24.5 Å². The standard InChI is InChI=1S/C7H12ClN3O/c8-6-5-11(3-4-12)10-7(6)1-2-9/h5,12H,1-4,9H2. The van der Waals surface area contributed by atoms with Crippen LogP contribution >= 0.6 is 11.6 Å². The molecule has 0 aromatic carbocycles. The van der Waals surface area contributed by atoms with Crippen molar-refractivity contribution in [2.45, 2.75) is 13.0 Å². The van der Waals surface area contributed by atoms with Crippen LogP contribution in [0.3, 0.4) is 0 Å². The van der Waals surface area contributed by atoms with E-state index in [1.807, 2.05) is 0 Å². The molecule has 0 unspecified atom stereocenters. The molecule has 1 heterocycles. The minimum absolute atomic E-state index is 0.0695. The van der Waals surface area contributed by atoms with Crippen LogP contribution in [-0.2, 0) is 13.0 Å². The quantitative estimate of drug-likeness (QED) is 0.703. The van der Waals surface area contributed by atoms with Crippen LogP contribution in [0.5, 0.6) is 0 Å². The molecule has 0 fully saturated rings. The van der Waals surface area contributed by atoms with Gasteiger partial charge < -0.3 is 10.8 Å². The molecular formula is C7H12ClN3O. The molecule has 0 saturated heterocycles. The number of aromatic nitrogens is 2. The van der Waals surface area contributed by atoms with Crippen molar-refractivity contribution in [3.8, 4) is 0 Å². The Bertz CT molecular complexity index is 249. The molecule has 0 spiro atoms. The summed E-state index contributed by atoms with van der Waals surface area (Å²) in [6, 6.07) is 0. The highest BCUT2D eigenvalue weighted by molar-refractivity contribution is 6.31. The molecule has 1 rings (SSSR count). The SMILES string of the molecule is NCCc1nn(CCO)cc1Cl. The van der Waals surface area contributed by atoms with Gasteiger partial charge in [0.25, 0.3) is 0 Å². The fourth-order valence-corrected chi connectivity index (χ4v) is 1.21. The third-order valence-corrected chi connectivity index (χ3v) is 1.81. The summed E-state index contributed by atoms with van der Waals surface area (Å²) in [7, 11) is 0. The number of aliphatic hydroxyl groups is 1. The largest absolute Gasteiger partial charge is 0.394 e. The number of halogens is 1. The second kappa shape index (κ2) is 4.45. The number of hydrogen-bond acceptors (Lipinski definition) is 3. The highest BCUT2D eigenvalue weighted by Gasteiger charge is 2.04. The van der Waals surface area contributed by atoms with Crippen molar-refractivity contribution in [2.24, 2.45) is 5.73 Å². The Kier molecular flexibility index (Phi) is 3.52. The van der Waals surface area contributed by atoms with Gasteiger partial charge >= 0.3 is 0 Å². The van der Waals surface area contributed by atoms with E-state index in [9.17, 15) is 0 Å². The van der Waals surface area contributed by atoms with Gasteiger partial charge in [-0.3, -0.25) is 4.68 Å². The Morgan fingerprint density at radius 3 is 3.00 bits per heavy atom. The average molecular weight is 190 g/mol. The minimum atomic E-state index is 0.0695. The van der Waals surface area contributed by atoms with E-state index in [4.69, 9.17) is 22.4 Å². The van der Waals surface area contributed by atoms with Gasteiger partial charge in [-0.05, 0) is 6.54 Å². The molecule has 0 aliphatic rings. The lowest BCUT2D eigenvalue weighted by atomic mass is 10.3. The molecule has 0 bridgehead atoms. The highest BCUT2D eigenvalue weighted by atomic mass is 35.5. The summed E-state index contributed by atoms with van der Waals surface area (Å²) in [5, 5.41) is 13.4. The molecule has 0 radical (unpaired) electrons. The number of rotatable bonds is 4. The zero-order valence-corrected chi connectivity index (χ0v) is 7.46. The van der Waals surface area contributed by atoms with Crippen molar-refractivity contribution in [3.63, 3.8) is 0 Å². The molecule has 68 valence electrons. The molecule has 1 aromatic rings. The van der Waals surface area contributed by atoms with Crippen molar-refractivity contribution in [1.82, 2.24) is 9.78 Å². The summed E-state index contributed by atoms with van der Waals surface area (Å²) >= 11 is 5.84. The predicted octanol–water partition coefficient (Wildman–Crippen LogP) is 0.0300. The van der Waals surface area contributed by atoms with E-state index in [1.54, 1.807) is 10.9 Å². The Balaban J connectivity index is 2.70. The van der Waals surface area contributed by atoms with Crippen LogP contribution in [0.2, 0.25) is 5.02 Å². The fourth-order valence-electron chi connectivity index (χ4n) is 0.960. The topological polar surface area (TPSA) is 64.1 Å². The lowest BCUT2D eigenvalue weighted by Gasteiger charge is -1.94. The Morgan fingerprint density at radius 1 is 1.67 bits per heavy atom. The van der Waals surface area contributed by atoms with Gasteiger partial charge in [-0.15, -0.1) is 0 Å². The molecule has 0 amide bonds. The van der Waals surface area contributed by atoms with E-state index >= 15 is 0 Å². The van der Waals surface area contributed by atoms with Gasteiger partial charge in [-0.1, -0.05) is 11.6 Å². The zero-order valence-electron chi connectivity index (χ0n) is 6.70. The second-order valence-corrected chi connectivity index (χ2v) is 2.86. The van der Waals surface area contributed by atoms with E-state index in [2.05, 4.69) is 5.10 Å². The monoisotopic (exact) mass is 189 g/mol. The predicted molar refractivity (Wildman–Crippen MR) is 47.1 cm³/mol. The zero-order chi connectivity index (χ0) is 8.97. The first-order valence-electron chi connectivity index (χ1n) is 3.80. The Hall–Kier alpha value is -0.580. The molecule has 0 saturated carbocycles. The van der Waals surface area contributed by atoms with Gasteiger partial charge in [-0.25, -0.2) is 0 Å². The molecule has 0 aliphatic carbocycles. The van der Waals surface area contributed by atoms with Gasteiger partial charge in [-0.2, -0.15) is 5.10 Å². The summed E-state index contributed by atoms with van der Waals surface area (Å²) in [5.41, 5.74) is 6.15. The number of hydrogen-bond donors (Lipinski definition) is 2. The summed E-state index contributed by atoms with van der Waals surface area (Å²) in [6.07, 6.45) is 2.38. The molecule has 12 heavy (non-hydrogen) atoms. The molecule has 5 heteroatoms. The van der Waals surface area contributed by atoms with Gasteiger partial charge in [0.15, 0.2) is 0 Å². The maximum atomic E-state index is 8.62. The Labute approximate surface area is 75.9 Å². The Morgan fingerprint density at radius 2 is 2.42 bits per heavy atom. The normalized spacial score (nSPS) is 10.6. The van der Waals surface area contributed by atoms with Crippen LogP contribution in [-0.4, -0.2) is 28.0 Å². The fraction of sp³-hybridized carbons (Fsp3) is 0.571. The summed E-state index contributed by atoms with van der Waals surface area (Å²) < 4.78 is 1.62. The molecule has 1 aromatic heterocycles. The minimum Gasteiger partial charge on any atom is -0.394 e. The van der Waals surface area contributed by atoms with Crippen LogP contribution in [0.1, 0.15) is 5.69 Å². The maximum absolute atomic E-state index is 8.62. The van der Waals surface area contributed by atoms with E-state index in [1.165, 1.54) is 0 Å². The van der Waals surface area contributed by atoms with Crippen molar-refractivity contribution in [3.05, 3.63) is 16.9 Å². The van der Waals surface area contributed by atoms with Crippen LogP contribution in [0.25, 0.3) is 0 Å². The average Bonchev–Trinajstić information content (AvgIpc) is 2.34. The third-order valence-electron chi connectivity index (χ3n) is 1.50. The van der Waals surface area contributed by atoms with Gasteiger partial charge in [0, 0.05) is 12.6 Å². The number of aliphatic hydroxyl groups excluding tert-OH is 1. The molecule has 3 N–H and O–H groups in total. The maximum Gasteiger partial charge on any atom is 0.0823 e. The summed E-state index contributed by atoms with van der Waals surface area (Å²) in [5.74, 6) is 0. The van der Waals surface area contributed by atoms with Crippen molar-refractivity contribution in [2.75, 3.05) is 13.2 Å². The van der Waals surface area contributed by atoms with E-state index in [0.717, 1.165) is 5.69 Å². The van der Waals surface area contributed by atoms with Crippen molar-refractivity contribution < 1.29 is 5.11 Å². The van der Waals surface area contributed by atoms with E-state index < -0.39 is 0 Å². The van der Waals surface area contributed by atoms with Crippen LogP contribution in [0, 0.1) is 0 Å².